The molecule has 116 valence electrons. The Labute approximate surface area is 133 Å². The summed E-state index contributed by atoms with van der Waals surface area (Å²) in [6.07, 6.45) is 3.16. The number of nitrogens with one attached hydrogen (secondary N) is 1. The first-order valence-corrected chi connectivity index (χ1v) is 7.30. The Morgan fingerprint density at radius 2 is 2.09 bits per heavy atom. The van der Waals surface area contributed by atoms with Crippen LogP contribution < -0.4 is 5.32 Å². The first-order valence-electron chi connectivity index (χ1n) is 7.30. The number of hydrogen-bond donors (Lipinski definition) is 1. The maximum atomic E-state index is 12.2. The fourth-order valence-corrected chi connectivity index (χ4v) is 2.23. The van der Waals surface area contributed by atoms with Crippen molar-refractivity contribution in [3.63, 3.8) is 0 Å². The molecule has 0 spiro atoms. The van der Waals surface area contributed by atoms with Crippen LogP contribution in [0.1, 0.15) is 23.0 Å². The summed E-state index contributed by atoms with van der Waals surface area (Å²) in [4.78, 5) is 25.1. The average Bonchev–Trinajstić information content (AvgIpc) is 2.56. The van der Waals surface area contributed by atoms with Crippen LogP contribution in [0.5, 0.6) is 0 Å². The van der Waals surface area contributed by atoms with Gasteiger partial charge in [0.25, 0.3) is 0 Å². The van der Waals surface area contributed by atoms with Gasteiger partial charge in [0.05, 0.1) is 12.3 Å². The summed E-state index contributed by atoms with van der Waals surface area (Å²) in [5, 5.41) is 3.92. The van der Waals surface area contributed by atoms with E-state index in [1.165, 1.54) is 6.20 Å². The van der Waals surface area contributed by atoms with Crippen molar-refractivity contribution < 1.29 is 9.53 Å². The molecule has 1 N–H and O–H groups in total. The molecular formula is C17H16N4O2. The molecule has 3 aromatic rings. The molecule has 0 bridgehead atoms. The van der Waals surface area contributed by atoms with Gasteiger partial charge in [0, 0.05) is 23.5 Å². The lowest BCUT2D eigenvalue weighted by atomic mass is 10.1. The standard InChI is InChI=1S/C17H16N4O2/c1-3-23-17(22)13-10-19-16-12(8-7-11(2)20-16)15(13)21-14-6-4-5-9-18-14/h4-10H,3H2,1-2H3,(H,18,19,20,21). The molecule has 0 aliphatic carbocycles. The molecule has 0 aromatic carbocycles. The van der Waals surface area contributed by atoms with Crippen molar-refractivity contribution in [2.45, 2.75) is 13.8 Å². The molecule has 0 amide bonds. The number of aromatic nitrogens is 3. The summed E-state index contributed by atoms with van der Waals surface area (Å²) in [6.45, 7) is 3.96. The van der Waals surface area contributed by atoms with E-state index < -0.39 is 5.97 Å². The van der Waals surface area contributed by atoms with Gasteiger partial charge < -0.3 is 10.1 Å². The molecule has 0 unspecified atom stereocenters. The number of hydrogen-bond acceptors (Lipinski definition) is 6. The number of aryl methyl sites for hydroxylation is 1. The van der Waals surface area contributed by atoms with Gasteiger partial charge in [-0.1, -0.05) is 6.07 Å². The number of carbonyl (C=O) groups excluding carboxylic acids is 1. The summed E-state index contributed by atoms with van der Waals surface area (Å²) < 4.78 is 5.12. The summed E-state index contributed by atoms with van der Waals surface area (Å²) in [7, 11) is 0. The molecule has 0 atom stereocenters. The van der Waals surface area contributed by atoms with Gasteiger partial charge in [-0.15, -0.1) is 0 Å². The van der Waals surface area contributed by atoms with Gasteiger partial charge >= 0.3 is 5.97 Å². The van der Waals surface area contributed by atoms with Crippen molar-refractivity contribution in [1.82, 2.24) is 15.0 Å². The number of anilines is 2. The molecule has 23 heavy (non-hydrogen) atoms. The molecule has 0 aliphatic heterocycles. The van der Waals surface area contributed by atoms with Crippen molar-refractivity contribution in [3.05, 3.63) is 54.0 Å². The van der Waals surface area contributed by atoms with Crippen LogP contribution >= 0.6 is 0 Å². The third-order valence-corrected chi connectivity index (χ3v) is 3.28. The van der Waals surface area contributed by atoms with Crippen molar-refractivity contribution in [2.75, 3.05) is 11.9 Å². The molecule has 0 fully saturated rings. The van der Waals surface area contributed by atoms with Crippen molar-refractivity contribution >= 4 is 28.5 Å². The fourth-order valence-electron chi connectivity index (χ4n) is 2.23. The molecule has 3 rings (SSSR count). The SMILES string of the molecule is CCOC(=O)c1cnc2nc(C)ccc2c1Nc1ccccn1. The number of fused-ring (bicyclic) bond motifs is 1. The van der Waals surface area contributed by atoms with E-state index >= 15 is 0 Å². The second-order valence-corrected chi connectivity index (χ2v) is 4.93. The molecule has 3 aromatic heterocycles. The number of nitrogens with zero attached hydrogens (tertiary/aromatic N) is 3. The van der Waals surface area contributed by atoms with Crippen molar-refractivity contribution in [1.29, 1.82) is 0 Å². The number of ether oxygens (including phenoxy) is 1. The maximum absolute atomic E-state index is 12.2. The minimum atomic E-state index is -0.430. The van der Waals surface area contributed by atoms with Crippen molar-refractivity contribution in [3.8, 4) is 0 Å². The van der Waals surface area contributed by atoms with Gasteiger partial charge in [-0.2, -0.15) is 0 Å². The largest absolute Gasteiger partial charge is 0.462 e. The van der Waals surface area contributed by atoms with Crippen LogP contribution in [0.25, 0.3) is 11.0 Å². The van der Waals surface area contributed by atoms with Crippen LogP contribution in [0, 0.1) is 6.92 Å². The number of carbonyl (C=O) groups is 1. The lowest BCUT2D eigenvalue weighted by Gasteiger charge is -2.13. The van der Waals surface area contributed by atoms with Crippen LogP contribution in [0.3, 0.4) is 0 Å². The minimum absolute atomic E-state index is 0.298. The topological polar surface area (TPSA) is 77.0 Å². The number of esters is 1. The van der Waals surface area contributed by atoms with Crippen molar-refractivity contribution in [2.24, 2.45) is 0 Å². The second-order valence-electron chi connectivity index (χ2n) is 4.93. The third kappa shape index (κ3) is 3.11. The van der Waals surface area contributed by atoms with Crippen LogP contribution in [0.15, 0.2) is 42.7 Å². The highest BCUT2D eigenvalue weighted by Crippen LogP contribution is 2.28. The van der Waals surface area contributed by atoms with E-state index in [4.69, 9.17) is 4.74 Å². The molecule has 6 nitrogen and oxygen atoms in total. The summed E-state index contributed by atoms with van der Waals surface area (Å²) >= 11 is 0. The van der Waals surface area contributed by atoms with Gasteiger partial charge in [0.2, 0.25) is 0 Å². The van der Waals surface area contributed by atoms with Gasteiger partial charge in [-0.25, -0.2) is 19.7 Å². The molecule has 0 saturated heterocycles. The zero-order valence-electron chi connectivity index (χ0n) is 12.9. The molecule has 3 heterocycles. The summed E-state index contributed by atoms with van der Waals surface area (Å²) in [5.74, 6) is 0.201. The average molecular weight is 308 g/mol. The lowest BCUT2D eigenvalue weighted by molar-refractivity contribution is 0.0527. The Morgan fingerprint density at radius 1 is 1.22 bits per heavy atom. The zero-order valence-corrected chi connectivity index (χ0v) is 12.9. The van der Waals surface area contributed by atoms with E-state index in [0.29, 0.717) is 29.3 Å². The van der Waals surface area contributed by atoms with Crippen LogP contribution in [0.2, 0.25) is 0 Å². The quantitative estimate of drug-likeness (QED) is 0.745. The van der Waals surface area contributed by atoms with Gasteiger partial charge in [-0.05, 0) is 38.1 Å². The monoisotopic (exact) mass is 308 g/mol. The fraction of sp³-hybridized carbons (Fsp3) is 0.176. The van der Waals surface area contributed by atoms with Gasteiger partial charge in [0.1, 0.15) is 11.4 Å². The van der Waals surface area contributed by atoms with Crippen LogP contribution in [-0.4, -0.2) is 27.5 Å². The highest BCUT2D eigenvalue weighted by Gasteiger charge is 2.17. The Kier molecular flexibility index (Phi) is 4.14. The smallest absolute Gasteiger partial charge is 0.341 e. The van der Waals surface area contributed by atoms with E-state index in [1.54, 1.807) is 13.1 Å². The zero-order chi connectivity index (χ0) is 16.2. The predicted molar refractivity (Wildman–Crippen MR) is 87.8 cm³/mol. The summed E-state index contributed by atoms with van der Waals surface area (Å²) in [5.41, 5.74) is 2.38. The molecule has 0 saturated carbocycles. The number of rotatable bonds is 4. The lowest BCUT2D eigenvalue weighted by Crippen LogP contribution is -2.10. The Hall–Kier alpha value is -3.02. The van der Waals surface area contributed by atoms with E-state index in [2.05, 4.69) is 20.3 Å². The van der Waals surface area contributed by atoms with Gasteiger partial charge in [-0.3, -0.25) is 0 Å². The Balaban J connectivity index is 2.16. The maximum Gasteiger partial charge on any atom is 0.341 e. The Morgan fingerprint density at radius 3 is 2.83 bits per heavy atom. The van der Waals surface area contributed by atoms with Crippen LogP contribution in [-0.2, 0) is 4.74 Å². The van der Waals surface area contributed by atoms with E-state index in [9.17, 15) is 4.79 Å². The van der Waals surface area contributed by atoms with E-state index in [0.717, 1.165) is 11.1 Å². The second kappa shape index (κ2) is 6.39. The third-order valence-electron chi connectivity index (χ3n) is 3.28. The summed E-state index contributed by atoms with van der Waals surface area (Å²) in [6, 6.07) is 9.28. The highest BCUT2D eigenvalue weighted by atomic mass is 16.5. The molecule has 0 aliphatic rings. The Bertz CT molecular complexity index is 850. The molecule has 6 heteroatoms. The number of pyridine rings is 3. The predicted octanol–water partition coefficient (Wildman–Crippen LogP) is 3.25. The van der Waals surface area contributed by atoms with E-state index in [-0.39, 0.29) is 0 Å². The normalized spacial score (nSPS) is 10.5. The first-order chi connectivity index (χ1) is 11.2. The highest BCUT2D eigenvalue weighted by molar-refractivity contribution is 6.05. The minimum Gasteiger partial charge on any atom is -0.462 e. The molecular weight excluding hydrogens is 292 g/mol. The van der Waals surface area contributed by atoms with Gasteiger partial charge in [0.15, 0.2) is 5.65 Å². The first kappa shape index (κ1) is 14.9. The van der Waals surface area contributed by atoms with Crippen LogP contribution in [0.4, 0.5) is 11.5 Å². The molecule has 0 radical (unpaired) electrons. The van der Waals surface area contributed by atoms with E-state index in [1.807, 2.05) is 37.3 Å².